The molecule has 0 saturated heterocycles. The maximum absolute atomic E-state index is 12.1. The van der Waals surface area contributed by atoms with Crippen molar-refractivity contribution in [3.8, 4) is 5.75 Å². The normalized spacial score (nSPS) is 10.5. The van der Waals surface area contributed by atoms with Crippen LogP contribution in [0.5, 0.6) is 5.75 Å². The summed E-state index contributed by atoms with van der Waals surface area (Å²) in [5.74, 6) is 1.53. The Morgan fingerprint density at radius 2 is 1.24 bits per heavy atom. The van der Waals surface area contributed by atoms with Crippen molar-refractivity contribution >= 4 is 35.1 Å². The molecule has 0 fully saturated rings. The smallest absolute Gasteiger partial charge is 0.233 e. The maximum Gasteiger partial charge on any atom is 0.233 e. The number of carbonyl (C=O) groups is 1. The molecule has 0 spiro atoms. The van der Waals surface area contributed by atoms with E-state index in [-0.39, 0.29) is 11.7 Å². The average Bonchev–Trinajstić information content (AvgIpc) is 2.94. The van der Waals surface area contributed by atoms with E-state index in [0.717, 1.165) is 42.6 Å². The van der Waals surface area contributed by atoms with E-state index in [1.807, 2.05) is 60.7 Å². The number of aromatic nitrogens is 3. The summed E-state index contributed by atoms with van der Waals surface area (Å²) >= 11 is 0. The molecule has 3 aromatic carbocycles. The molecular weight excluding hydrogens is 478 g/mol. The summed E-state index contributed by atoms with van der Waals surface area (Å²) < 4.78 is 0. The van der Waals surface area contributed by atoms with E-state index in [1.165, 1.54) is 0 Å². The molecule has 1 aromatic heterocycles. The van der Waals surface area contributed by atoms with Crippen LogP contribution in [-0.2, 0) is 11.3 Å². The third-order valence-corrected chi connectivity index (χ3v) is 5.74. The van der Waals surface area contributed by atoms with Gasteiger partial charge in [-0.25, -0.2) is 0 Å². The summed E-state index contributed by atoms with van der Waals surface area (Å²) in [7, 11) is 0. The number of phenolic OH excluding ortho intramolecular Hbond substituents is 1. The summed E-state index contributed by atoms with van der Waals surface area (Å²) in [6, 6.07) is 26.3. The second-order valence-electron chi connectivity index (χ2n) is 8.82. The predicted molar refractivity (Wildman–Crippen MR) is 151 cm³/mol. The summed E-state index contributed by atoms with van der Waals surface area (Å²) in [4.78, 5) is 25.5. The van der Waals surface area contributed by atoms with Gasteiger partial charge in [0, 0.05) is 30.9 Å². The van der Waals surface area contributed by atoms with E-state index in [4.69, 9.17) is 0 Å². The topological polar surface area (TPSA) is 124 Å². The fourth-order valence-electron chi connectivity index (χ4n) is 3.74. The second kappa shape index (κ2) is 14.2. The van der Waals surface area contributed by atoms with Crippen LogP contribution in [0.4, 0.5) is 29.2 Å². The summed E-state index contributed by atoms with van der Waals surface area (Å²) in [6.45, 7) is 1.27. The van der Waals surface area contributed by atoms with Crippen LogP contribution in [0.1, 0.15) is 37.7 Å². The Morgan fingerprint density at radius 1 is 0.658 bits per heavy atom. The molecule has 0 saturated carbocycles. The number of phenols is 1. The molecule has 9 nitrogen and oxygen atoms in total. The quantitative estimate of drug-likeness (QED) is 0.107. The first-order valence-corrected chi connectivity index (χ1v) is 12.8. The maximum atomic E-state index is 12.1. The lowest BCUT2D eigenvalue weighted by atomic mass is 10.1. The lowest BCUT2D eigenvalue weighted by molar-refractivity contribution is -0.121. The fourth-order valence-corrected chi connectivity index (χ4v) is 3.74. The van der Waals surface area contributed by atoms with Crippen molar-refractivity contribution in [2.24, 2.45) is 0 Å². The van der Waals surface area contributed by atoms with Crippen LogP contribution in [0, 0.1) is 0 Å². The number of aromatic hydroxyl groups is 1. The van der Waals surface area contributed by atoms with E-state index in [0.29, 0.717) is 37.4 Å². The molecule has 0 aliphatic carbocycles. The van der Waals surface area contributed by atoms with Gasteiger partial charge >= 0.3 is 0 Å². The Labute approximate surface area is 222 Å². The molecule has 1 amide bonds. The minimum absolute atomic E-state index is 0.0873. The van der Waals surface area contributed by atoms with E-state index in [1.54, 1.807) is 24.3 Å². The van der Waals surface area contributed by atoms with Crippen LogP contribution in [0.3, 0.4) is 0 Å². The van der Waals surface area contributed by atoms with Crippen molar-refractivity contribution in [3.63, 3.8) is 0 Å². The van der Waals surface area contributed by atoms with Gasteiger partial charge in [0.15, 0.2) is 0 Å². The molecular formula is C29H33N7O2. The van der Waals surface area contributed by atoms with Crippen molar-refractivity contribution in [1.29, 1.82) is 0 Å². The second-order valence-corrected chi connectivity index (χ2v) is 8.82. The van der Waals surface area contributed by atoms with Crippen LogP contribution in [0.2, 0.25) is 0 Å². The van der Waals surface area contributed by atoms with E-state index < -0.39 is 0 Å². The molecule has 1 heterocycles. The predicted octanol–water partition coefficient (Wildman–Crippen LogP) is 5.74. The summed E-state index contributed by atoms with van der Waals surface area (Å²) in [5.41, 5.74) is 2.72. The van der Waals surface area contributed by atoms with Gasteiger partial charge in [0.25, 0.3) is 0 Å². The zero-order valence-electron chi connectivity index (χ0n) is 21.2. The van der Waals surface area contributed by atoms with Crippen molar-refractivity contribution < 1.29 is 9.90 Å². The Kier molecular flexibility index (Phi) is 9.85. The van der Waals surface area contributed by atoms with Gasteiger partial charge < -0.3 is 26.4 Å². The highest BCUT2D eigenvalue weighted by atomic mass is 16.3. The van der Waals surface area contributed by atoms with Crippen LogP contribution in [0.15, 0.2) is 84.9 Å². The first kappa shape index (κ1) is 26.4. The number of nitrogens with zero attached hydrogens (tertiary/aromatic N) is 3. The number of para-hydroxylation sites is 1. The molecule has 196 valence electrons. The molecule has 0 aliphatic rings. The molecule has 0 atom stereocenters. The van der Waals surface area contributed by atoms with E-state index >= 15 is 0 Å². The molecule has 0 aliphatic heterocycles. The molecule has 0 radical (unpaired) electrons. The van der Waals surface area contributed by atoms with Gasteiger partial charge in [-0.15, -0.1) is 0 Å². The van der Waals surface area contributed by atoms with Crippen molar-refractivity contribution in [2.45, 2.75) is 38.6 Å². The van der Waals surface area contributed by atoms with Gasteiger partial charge in [-0.05, 0) is 54.8 Å². The Bertz CT molecular complexity index is 1270. The number of unbranched alkanes of at least 4 members (excludes halogenated alkanes) is 3. The van der Waals surface area contributed by atoms with Crippen LogP contribution < -0.4 is 21.3 Å². The molecule has 9 heteroatoms. The highest BCUT2D eigenvalue weighted by molar-refractivity contribution is 5.75. The molecule has 0 bridgehead atoms. The molecule has 38 heavy (non-hydrogen) atoms. The number of nitrogens with one attached hydrogen (secondary N) is 4. The Hall–Kier alpha value is -4.66. The van der Waals surface area contributed by atoms with Gasteiger partial charge in [0.05, 0.1) is 0 Å². The van der Waals surface area contributed by atoms with Gasteiger partial charge in [-0.2, -0.15) is 15.0 Å². The number of hydrogen-bond acceptors (Lipinski definition) is 8. The number of rotatable bonds is 14. The highest BCUT2D eigenvalue weighted by Crippen LogP contribution is 2.20. The van der Waals surface area contributed by atoms with Gasteiger partial charge in [0.2, 0.25) is 23.8 Å². The number of hydrogen-bond donors (Lipinski definition) is 5. The Balaban J connectivity index is 1.23. The molecule has 4 rings (SSSR count). The summed E-state index contributed by atoms with van der Waals surface area (Å²) in [6.07, 6.45) is 4.30. The monoisotopic (exact) mass is 511 g/mol. The van der Waals surface area contributed by atoms with Gasteiger partial charge in [-0.1, -0.05) is 61.4 Å². The van der Waals surface area contributed by atoms with Crippen LogP contribution >= 0.6 is 0 Å². The van der Waals surface area contributed by atoms with Crippen molar-refractivity contribution in [3.05, 3.63) is 90.5 Å². The van der Waals surface area contributed by atoms with Crippen molar-refractivity contribution in [1.82, 2.24) is 20.3 Å². The zero-order chi connectivity index (χ0) is 26.4. The van der Waals surface area contributed by atoms with E-state index in [2.05, 4.69) is 36.2 Å². The number of benzene rings is 3. The standard InChI is InChI=1S/C29H33N7O2/c37-25-18-16-24(17-19-25)33-29-35-27(34-28(36-29)32-23-13-7-4-8-14-23)30-20-10-2-1-9-15-26(38)31-21-22-11-5-3-6-12-22/h3-8,11-14,16-19,37H,1-2,9-10,15,20-21H2,(H,31,38)(H3,30,32,33,34,35,36). The third kappa shape index (κ3) is 9.09. The molecule has 4 aromatic rings. The SMILES string of the molecule is O=C(CCCCCCNc1nc(Nc2ccccc2)nc(Nc2ccc(O)cc2)n1)NCc1ccccc1. The highest BCUT2D eigenvalue weighted by Gasteiger charge is 2.08. The first-order chi connectivity index (χ1) is 18.6. The first-order valence-electron chi connectivity index (χ1n) is 12.8. The van der Waals surface area contributed by atoms with Gasteiger partial charge in [0.1, 0.15) is 5.75 Å². The van der Waals surface area contributed by atoms with Crippen LogP contribution in [-0.4, -0.2) is 32.5 Å². The molecule has 5 N–H and O–H groups in total. The third-order valence-electron chi connectivity index (χ3n) is 5.74. The van der Waals surface area contributed by atoms with Gasteiger partial charge in [-0.3, -0.25) is 4.79 Å². The number of anilines is 5. The zero-order valence-corrected chi connectivity index (χ0v) is 21.2. The lowest BCUT2D eigenvalue weighted by Gasteiger charge is -2.11. The summed E-state index contributed by atoms with van der Waals surface area (Å²) in [5, 5.41) is 22.2. The minimum Gasteiger partial charge on any atom is -0.508 e. The average molecular weight is 512 g/mol. The largest absolute Gasteiger partial charge is 0.508 e. The van der Waals surface area contributed by atoms with Crippen LogP contribution in [0.25, 0.3) is 0 Å². The lowest BCUT2D eigenvalue weighted by Crippen LogP contribution is -2.22. The molecule has 0 unspecified atom stereocenters. The Morgan fingerprint density at radius 3 is 1.92 bits per heavy atom. The number of carbonyl (C=O) groups excluding carboxylic acids is 1. The fraction of sp³-hybridized carbons (Fsp3) is 0.241. The van der Waals surface area contributed by atoms with Crippen molar-refractivity contribution in [2.75, 3.05) is 22.5 Å². The minimum atomic E-state index is 0.0873. The van der Waals surface area contributed by atoms with E-state index in [9.17, 15) is 9.90 Å². The number of amides is 1.